The topological polar surface area (TPSA) is 58.6 Å². The first kappa shape index (κ1) is 10.3. The predicted octanol–water partition coefficient (Wildman–Crippen LogP) is 0.950. The summed E-state index contributed by atoms with van der Waals surface area (Å²) in [5, 5.41) is 2.48. The van der Waals surface area contributed by atoms with Crippen molar-refractivity contribution < 1.29 is 14.3 Å². The normalized spacial score (nSPS) is 15.7. The molecule has 0 radical (unpaired) electrons. The quantitative estimate of drug-likeness (QED) is 0.679. The van der Waals surface area contributed by atoms with E-state index in [0.717, 1.165) is 0 Å². The van der Waals surface area contributed by atoms with Crippen LogP contribution >= 0.6 is 0 Å². The summed E-state index contributed by atoms with van der Waals surface area (Å²) in [5.74, 6) is -0.267. The first-order valence-corrected chi connectivity index (χ1v) is 4.26. The number of amides is 2. The number of hydrogen-bond acceptors (Lipinski definition) is 3. The third-order valence-corrected chi connectivity index (χ3v) is 1.64. The van der Waals surface area contributed by atoms with Crippen molar-refractivity contribution in [1.82, 2.24) is 10.2 Å². The molecule has 1 aliphatic rings. The van der Waals surface area contributed by atoms with E-state index < -0.39 is 6.09 Å². The molecule has 0 aromatic rings. The van der Waals surface area contributed by atoms with Gasteiger partial charge in [0.2, 0.25) is 5.91 Å². The third-order valence-electron chi connectivity index (χ3n) is 1.64. The van der Waals surface area contributed by atoms with Crippen LogP contribution in [-0.4, -0.2) is 23.5 Å². The van der Waals surface area contributed by atoms with Crippen molar-refractivity contribution >= 4 is 12.0 Å². The molecule has 76 valence electrons. The van der Waals surface area contributed by atoms with Gasteiger partial charge in [-0.15, -0.1) is 0 Å². The molecule has 14 heavy (non-hydrogen) atoms. The summed E-state index contributed by atoms with van der Waals surface area (Å²) >= 11 is 0. The first-order valence-electron chi connectivity index (χ1n) is 4.26. The summed E-state index contributed by atoms with van der Waals surface area (Å²) in [6, 6.07) is 0. The summed E-state index contributed by atoms with van der Waals surface area (Å²) in [6.45, 7) is 3.73. The molecular weight excluding hydrogens is 184 g/mol. The van der Waals surface area contributed by atoms with Gasteiger partial charge >= 0.3 is 6.09 Å². The Hall–Kier alpha value is -1.78. The molecule has 0 unspecified atom stereocenters. The van der Waals surface area contributed by atoms with Crippen molar-refractivity contribution in [2.75, 3.05) is 6.61 Å². The van der Waals surface area contributed by atoms with Gasteiger partial charge in [0.15, 0.2) is 0 Å². The molecule has 0 saturated carbocycles. The van der Waals surface area contributed by atoms with Gasteiger partial charge in [-0.25, -0.2) is 4.79 Å². The van der Waals surface area contributed by atoms with Crippen molar-refractivity contribution in [3.63, 3.8) is 0 Å². The van der Waals surface area contributed by atoms with Crippen LogP contribution in [0.4, 0.5) is 4.79 Å². The van der Waals surface area contributed by atoms with E-state index in [9.17, 15) is 9.59 Å². The fourth-order valence-electron chi connectivity index (χ4n) is 0.951. The van der Waals surface area contributed by atoms with Crippen LogP contribution in [-0.2, 0) is 9.53 Å². The van der Waals surface area contributed by atoms with E-state index in [0.29, 0.717) is 12.3 Å². The van der Waals surface area contributed by atoms with E-state index in [2.05, 4.69) is 5.32 Å². The molecule has 0 fully saturated rings. The molecule has 1 heterocycles. The SMILES string of the molecule is CCOC(=O)N1C=CC(=O)NC=C1C. The minimum Gasteiger partial charge on any atom is -0.449 e. The Kier molecular flexibility index (Phi) is 3.28. The average molecular weight is 196 g/mol. The third kappa shape index (κ3) is 2.35. The molecule has 1 aliphatic heterocycles. The van der Waals surface area contributed by atoms with Crippen LogP contribution < -0.4 is 5.32 Å². The monoisotopic (exact) mass is 196 g/mol. The predicted molar refractivity (Wildman–Crippen MR) is 49.9 cm³/mol. The lowest BCUT2D eigenvalue weighted by atomic mass is 10.5. The van der Waals surface area contributed by atoms with E-state index in [1.807, 2.05) is 0 Å². The van der Waals surface area contributed by atoms with E-state index in [1.165, 1.54) is 23.4 Å². The van der Waals surface area contributed by atoms with Crippen LogP contribution in [0.3, 0.4) is 0 Å². The molecule has 0 atom stereocenters. The van der Waals surface area contributed by atoms with E-state index in [4.69, 9.17) is 4.74 Å². The van der Waals surface area contributed by atoms with Crippen molar-refractivity contribution in [3.8, 4) is 0 Å². The maximum absolute atomic E-state index is 11.3. The van der Waals surface area contributed by atoms with Crippen LogP contribution in [0.15, 0.2) is 24.2 Å². The van der Waals surface area contributed by atoms with Gasteiger partial charge in [-0.3, -0.25) is 9.69 Å². The number of ether oxygens (including phenoxy) is 1. The molecule has 0 aromatic carbocycles. The van der Waals surface area contributed by atoms with E-state index in [1.54, 1.807) is 13.8 Å². The summed E-state index contributed by atoms with van der Waals surface area (Å²) in [5.41, 5.74) is 0.602. The number of carbonyl (C=O) groups excluding carboxylic acids is 2. The summed E-state index contributed by atoms with van der Waals surface area (Å²) in [4.78, 5) is 23.5. The van der Waals surface area contributed by atoms with Crippen LogP contribution in [0.5, 0.6) is 0 Å². The van der Waals surface area contributed by atoms with Crippen molar-refractivity contribution in [1.29, 1.82) is 0 Å². The molecule has 0 spiro atoms. The van der Waals surface area contributed by atoms with Gasteiger partial charge < -0.3 is 10.1 Å². The minimum absolute atomic E-state index is 0.267. The van der Waals surface area contributed by atoms with Gasteiger partial charge in [-0.05, 0) is 13.8 Å². The standard InChI is InChI=1S/C9H12N2O3/c1-3-14-9(13)11-5-4-8(12)10-6-7(11)2/h4-6H,3H2,1-2H3,(H,10,12). The Bertz CT molecular complexity index is 307. The molecular formula is C9H12N2O3. The summed E-state index contributed by atoms with van der Waals surface area (Å²) in [6.07, 6.45) is 3.61. The zero-order chi connectivity index (χ0) is 10.6. The fraction of sp³-hybridized carbons (Fsp3) is 0.333. The Morgan fingerprint density at radius 3 is 3.00 bits per heavy atom. The molecule has 2 amide bonds. The number of hydrogen-bond donors (Lipinski definition) is 1. The number of nitrogens with one attached hydrogen (secondary N) is 1. The molecule has 1 rings (SSSR count). The lowest BCUT2D eigenvalue weighted by molar-refractivity contribution is -0.115. The van der Waals surface area contributed by atoms with Gasteiger partial charge in [-0.1, -0.05) is 0 Å². The van der Waals surface area contributed by atoms with Crippen LogP contribution in [0.1, 0.15) is 13.8 Å². The molecule has 0 aliphatic carbocycles. The second kappa shape index (κ2) is 4.45. The Morgan fingerprint density at radius 1 is 1.64 bits per heavy atom. The Morgan fingerprint density at radius 2 is 2.36 bits per heavy atom. The van der Waals surface area contributed by atoms with Gasteiger partial charge in [0.25, 0.3) is 0 Å². The van der Waals surface area contributed by atoms with Crippen LogP contribution in [0.2, 0.25) is 0 Å². The second-order valence-corrected chi connectivity index (χ2v) is 2.68. The van der Waals surface area contributed by atoms with E-state index in [-0.39, 0.29) is 5.91 Å². The smallest absolute Gasteiger partial charge is 0.418 e. The second-order valence-electron chi connectivity index (χ2n) is 2.68. The number of rotatable bonds is 1. The van der Waals surface area contributed by atoms with Crippen molar-refractivity contribution in [2.24, 2.45) is 0 Å². The Balaban J connectivity index is 2.80. The van der Waals surface area contributed by atoms with E-state index >= 15 is 0 Å². The van der Waals surface area contributed by atoms with Crippen molar-refractivity contribution in [2.45, 2.75) is 13.8 Å². The summed E-state index contributed by atoms with van der Waals surface area (Å²) in [7, 11) is 0. The lowest BCUT2D eigenvalue weighted by Gasteiger charge is -2.16. The zero-order valence-electron chi connectivity index (χ0n) is 8.11. The summed E-state index contributed by atoms with van der Waals surface area (Å²) < 4.78 is 4.80. The maximum atomic E-state index is 11.3. The molecule has 5 heteroatoms. The lowest BCUT2D eigenvalue weighted by Crippen LogP contribution is -2.24. The highest BCUT2D eigenvalue weighted by molar-refractivity contribution is 5.89. The molecule has 0 saturated heterocycles. The highest BCUT2D eigenvalue weighted by Crippen LogP contribution is 2.08. The zero-order valence-corrected chi connectivity index (χ0v) is 8.11. The molecule has 1 N–H and O–H groups in total. The largest absolute Gasteiger partial charge is 0.449 e. The minimum atomic E-state index is -0.492. The highest BCUT2D eigenvalue weighted by Gasteiger charge is 2.15. The Labute approximate surface area is 82.0 Å². The number of nitrogens with zero attached hydrogens (tertiary/aromatic N) is 1. The van der Waals surface area contributed by atoms with Crippen LogP contribution in [0, 0.1) is 0 Å². The van der Waals surface area contributed by atoms with Crippen LogP contribution in [0.25, 0.3) is 0 Å². The van der Waals surface area contributed by atoms with Gasteiger partial charge in [0.05, 0.1) is 6.61 Å². The van der Waals surface area contributed by atoms with Gasteiger partial charge in [-0.2, -0.15) is 0 Å². The molecule has 5 nitrogen and oxygen atoms in total. The molecule has 0 aromatic heterocycles. The fourth-order valence-corrected chi connectivity index (χ4v) is 0.951. The molecule has 0 bridgehead atoms. The highest BCUT2D eigenvalue weighted by atomic mass is 16.6. The van der Waals surface area contributed by atoms with Crippen molar-refractivity contribution in [3.05, 3.63) is 24.2 Å². The van der Waals surface area contributed by atoms with Gasteiger partial charge in [0.1, 0.15) is 0 Å². The number of allylic oxidation sites excluding steroid dienone is 1. The average Bonchev–Trinajstić information content (AvgIpc) is 2.30. The maximum Gasteiger partial charge on any atom is 0.418 e. The first-order chi connectivity index (χ1) is 6.65. The van der Waals surface area contributed by atoms with Gasteiger partial charge in [0, 0.05) is 24.2 Å². The number of carbonyl (C=O) groups is 2.